The fraction of sp³-hybridized carbons (Fsp3) is 0.200. The van der Waals surface area contributed by atoms with Gasteiger partial charge in [0.15, 0.2) is 0 Å². The molecule has 2 atom stereocenters. The number of rotatable bonds is 2. The zero-order valence-electron chi connectivity index (χ0n) is 11.5. The minimum atomic E-state index is 0. The average molecular weight is 392 g/mol. The van der Waals surface area contributed by atoms with Crippen LogP contribution in [0.15, 0.2) is 60.7 Å². The van der Waals surface area contributed by atoms with E-state index in [0.29, 0.717) is 0 Å². The molecule has 0 radical (unpaired) electrons. The Morgan fingerprint density at radius 2 is 1.20 bits per heavy atom. The summed E-state index contributed by atoms with van der Waals surface area (Å²) in [5, 5.41) is 2.71. The van der Waals surface area contributed by atoms with Gasteiger partial charge >= 0.3 is 16.5 Å². The zero-order valence-corrected chi connectivity index (χ0v) is 16.2. The van der Waals surface area contributed by atoms with Crippen LogP contribution in [0.2, 0.25) is 0 Å². The van der Waals surface area contributed by atoms with Gasteiger partial charge < -0.3 is 24.8 Å². The van der Waals surface area contributed by atoms with Crippen molar-refractivity contribution in [2.45, 2.75) is 19.5 Å². The standard InChI is InChI=1S/C9H13P.C6H7P.2ClH.Ni/c1-8(2)10-9-6-4-3-5-7-9;7-6-4-2-1-3-5-6;;;/h3-8,10H,1-2H3;1-5H,7H2;2*1H;/q;;;;+2/p-2. The molecule has 0 aliphatic carbocycles. The van der Waals surface area contributed by atoms with Crippen molar-refractivity contribution in [1.29, 1.82) is 0 Å². The van der Waals surface area contributed by atoms with Gasteiger partial charge in [0.25, 0.3) is 0 Å². The van der Waals surface area contributed by atoms with Crippen LogP contribution in [-0.2, 0) is 16.5 Å². The van der Waals surface area contributed by atoms with E-state index in [1.54, 1.807) is 0 Å². The van der Waals surface area contributed by atoms with E-state index < -0.39 is 0 Å². The SMILES string of the molecule is CC(C)Pc1ccccc1.Pc1ccccc1.[Cl-].[Cl-].[Ni+2]. The van der Waals surface area contributed by atoms with Crippen molar-refractivity contribution in [1.82, 2.24) is 0 Å². The smallest absolute Gasteiger partial charge is 1.00 e. The summed E-state index contributed by atoms with van der Waals surface area (Å²) >= 11 is 0. The van der Waals surface area contributed by atoms with Crippen LogP contribution in [0.5, 0.6) is 0 Å². The molecule has 0 fully saturated rings. The Morgan fingerprint density at radius 1 is 0.800 bits per heavy atom. The molecule has 0 amide bonds. The second-order valence-electron chi connectivity index (χ2n) is 4.08. The van der Waals surface area contributed by atoms with E-state index >= 15 is 0 Å². The molecule has 2 aromatic carbocycles. The van der Waals surface area contributed by atoms with Crippen LogP contribution in [0.4, 0.5) is 0 Å². The van der Waals surface area contributed by atoms with Gasteiger partial charge in [0.2, 0.25) is 0 Å². The maximum Gasteiger partial charge on any atom is 2.00 e. The predicted molar refractivity (Wildman–Crippen MR) is 85.3 cm³/mol. The molecule has 0 spiro atoms. The Labute approximate surface area is 149 Å². The monoisotopic (exact) mass is 390 g/mol. The van der Waals surface area contributed by atoms with Crippen molar-refractivity contribution >= 4 is 28.4 Å². The summed E-state index contributed by atoms with van der Waals surface area (Å²) in [4.78, 5) is 0. The summed E-state index contributed by atoms with van der Waals surface area (Å²) in [6.45, 7) is 4.51. The van der Waals surface area contributed by atoms with Gasteiger partial charge in [0.05, 0.1) is 0 Å². The molecule has 0 aromatic heterocycles. The van der Waals surface area contributed by atoms with Gasteiger partial charge in [-0.3, -0.25) is 0 Å². The zero-order chi connectivity index (χ0) is 12.5. The molecule has 2 aromatic rings. The summed E-state index contributed by atoms with van der Waals surface area (Å²) in [6.07, 6.45) is 0. The first-order valence-corrected chi connectivity index (χ1v) is 7.46. The predicted octanol–water partition coefficient (Wildman–Crippen LogP) is -2.41. The summed E-state index contributed by atoms with van der Waals surface area (Å²) in [7, 11) is 3.59. The topological polar surface area (TPSA) is 0 Å². The number of benzene rings is 2. The van der Waals surface area contributed by atoms with Crippen molar-refractivity contribution in [3.63, 3.8) is 0 Å². The van der Waals surface area contributed by atoms with E-state index in [2.05, 4.69) is 53.4 Å². The molecular formula is C15H20Cl2NiP2. The Kier molecular flexibility index (Phi) is 20.0. The summed E-state index contributed by atoms with van der Waals surface area (Å²) in [6, 6.07) is 20.8. The quantitative estimate of drug-likeness (QED) is 0.395. The molecule has 2 rings (SSSR count). The third-order valence-corrected chi connectivity index (χ3v) is 3.66. The van der Waals surface area contributed by atoms with E-state index in [0.717, 1.165) is 14.2 Å². The van der Waals surface area contributed by atoms with Crippen LogP contribution >= 0.6 is 17.8 Å². The van der Waals surface area contributed by atoms with E-state index in [9.17, 15) is 0 Å². The number of halogens is 2. The molecule has 2 unspecified atom stereocenters. The number of hydrogen-bond acceptors (Lipinski definition) is 0. The molecular weight excluding hydrogens is 372 g/mol. The molecule has 0 heterocycles. The van der Waals surface area contributed by atoms with Gasteiger partial charge in [-0.25, -0.2) is 0 Å². The average Bonchev–Trinajstić information content (AvgIpc) is 2.31. The van der Waals surface area contributed by atoms with Crippen molar-refractivity contribution in [3.8, 4) is 0 Å². The Bertz CT molecular complexity index is 411. The molecule has 20 heavy (non-hydrogen) atoms. The van der Waals surface area contributed by atoms with Gasteiger partial charge in [0, 0.05) is 0 Å². The minimum Gasteiger partial charge on any atom is -1.00 e. The van der Waals surface area contributed by atoms with Gasteiger partial charge in [-0.05, 0) is 16.3 Å². The first kappa shape index (κ1) is 25.3. The van der Waals surface area contributed by atoms with Crippen LogP contribution in [0.1, 0.15) is 13.8 Å². The fourth-order valence-corrected chi connectivity index (χ4v) is 2.59. The van der Waals surface area contributed by atoms with E-state index in [-0.39, 0.29) is 41.3 Å². The molecule has 0 aliphatic rings. The maximum atomic E-state index is 2.63. The molecule has 0 aliphatic heterocycles. The molecule has 0 bridgehead atoms. The van der Waals surface area contributed by atoms with E-state index in [1.807, 2.05) is 30.3 Å². The molecule has 5 heteroatoms. The third kappa shape index (κ3) is 13.4. The number of hydrogen-bond donors (Lipinski definition) is 0. The van der Waals surface area contributed by atoms with Gasteiger partial charge in [-0.2, -0.15) is 0 Å². The summed E-state index contributed by atoms with van der Waals surface area (Å²) in [5.74, 6) is 0. The van der Waals surface area contributed by atoms with Gasteiger partial charge in [-0.1, -0.05) is 83.1 Å². The van der Waals surface area contributed by atoms with Crippen molar-refractivity contribution in [3.05, 3.63) is 60.7 Å². The van der Waals surface area contributed by atoms with Crippen LogP contribution in [-0.4, -0.2) is 5.66 Å². The van der Waals surface area contributed by atoms with Gasteiger partial charge in [0.1, 0.15) is 0 Å². The van der Waals surface area contributed by atoms with E-state index in [1.165, 1.54) is 10.6 Å². The van der Waals surface area contributed by atoms with Gasteiger partial charge in [-0.15, -0.1) is 9.24 Å². The second-order valence-corrected chi connectivity index (χ2v) is 6.76. The summed E-state index contributed by atoms with van der Waals surface area (Å²) in [5.41, 5.74) is 0.794. The molecule has 0 N–H and O–H groups in total. The largest absolute Gasteiger partial charge is 2.00 e. The molecule has 0 saturated carbocycles. The van der Waals surface area contributed by atoms with Crippen molar-refractivity contribution in [2.75, 3.05) is 0 Å². The van der Waals surface area contributed by atoms with Crippen LogP contribution in [0.25, 0.3) is 0 Å². The second kappa shape index (κ2) is 15.8. The van der Waals surface area contributed by atoms with Crippen LogP contribution in [0.3, 0.4) is 0 Å². The van der Waals surface area contributed by atoms with E-state index in [4.69, 9.17) is 0 Å². The maximum absolute atomic E-state index is 2.63. The third-order valence-electron chi connectivity index (χ3n) is 2.03. The molecule has 0 saturated heterocycles. The minimum absolute atomic E-state index is 0. The normalized spacial score (nSPS) is 8.80. The summed E-state index contributed by atoms with van der Waals surface area (Å²) < 4.78 is 0. The van der Waals surface area contributed by atoms with Crippen LogP contribution < -0.4 is 35.4 Å². The molecule has 0 nitrogen and oxygen atoms in total. The van der Waals surface area contributed by atoms with Crippen LogP contribution in [0, 0.1) is 0 Å². The van der Waals surface area contributed by atoms with Crippen molar-refractivity contribution in [2.24, 2.45) is 0 Å². The Morgan fingerprint density at radius 3 is 1.50 bits per heavy atom. The molecule has 114 valence electrons. The Balaban J connectivity index is -0.000000262. The Hall–Kier alpha value is 0.374. The first-order chi connectivity index (χ1) is 8.18. The first-order valence-electron chi connectivity index (χ1n) is 5.80. The van der Waals surface area contributed by atoms with Crippen molar-refractivity contribution < 1.29 is 41.3 Å². The fourth-order valence-electron chi connectivity index (χ4n) is 1.32.